The number of carbonyl (C=O) groups is 1. The summed E-state index contributed by atoms with van der Waals surface area (Å²) < 4.78 is 0. The van der Waals surface area contributed by atoms with E-state index >= 15 is 0 Å². The normalized spacial score (nSPS) is 19.3. The van der Waals surface area contributed by atoms with Gasteiger partial charge in [0, 0.05) is 12.1 Å². The number of hydrogen-bond acceptors (Lipinski definition) is 3. The maximum absolute atomic E-state index is 11.0. The van der Waals surface area contributed by atoms with Gasteiger partial charge in [0.2, 0.25) is 0 Å². The largest absolute Gasteiger partial charge is 0.480 e. The zero-order valence-corrected chi connectivity index (χ0v) is 10.1. The van der Waals surface area contributed by atoms with Crippen molar-refractivity contribution in [2.75, 3.05) is 20.6 Å². The molecule has 4 heteroatoms. The van der Waals surface area contributed by atoms with Crippen LogP contribution in [0.4, 0.5) is 0 Å². The molecule has 0 spiro atoms. The van der Waals surface area contributed by atoms with E-state index in [2.05, 4.69) is 24.1 Å². The Hall–Kier alpha value is -0.610. The maximum atomic E-state index is 11.0. The Morgan fingerprint density at radius 1 is 1.53 bits per heavy atom. The fourth-order valence-corrected chi connectivity index (χ4v) is 1.40. The molecule has 0 aromatic carbocycles. The van der Waals surface area contributed by atoms with E-state index < -0.39 is 5.97 Å². The molecule has 0 aliphatic heterocycles. The monoisotopic (exact) mass is 214 g/mol. The standard InChI is InChI=1S/C11H22N2O2/c1-11(2,13(3)4)7-12-9(10(14)15)8-5-6-8/h8-9,12H,5-7H2,1-4H3,(H,14,15). The molecule has 4 nitrogen and oxygen atoms in total. The van der Waals surface area contributed by atoms with Crippen molar-refractivity contribution in [1.82, 2.24) is 10.2 Å². The summed E-state index contributed by atoms with van der Waals surface area (Å²) in [6, 6.07) is -0.357. The summed E-state index contributed by atoms with van der Waals surface area (Å²) in [5.41, 5.74) is -0.0113. The lowest BCUT2D eigenvalue weighted by atomic mass is 10.0. The zero-order chi connectivity index (χ0) is 11.6. The number of carboxylic acid groups (broad SMARTS) is 1. The molecule has 0 amide bonds. The predicted octanol–water partition coefficient (Wildman–Crippen LogP) is 0.779. The lowest BCUT2D eigenvalue weighted by Gasteiger charge is -2.33. The van der Waals surface area contributed by atoms with Crippen molar-refractivity contribution in [1.29, 1.82) is 0 Å². The van der Waals surface area contributed by atoms with Crippen LogP contribution in [0.15, 0.2) is 0 Å². The van der Waals surface area contributed by atoms with E-state index in [1.54, 1.807) is 0 Å². The SMILES string of the molecule is CN(C)C(C)(C)CNC(C(=O)O)C1CC1. The lowest BCUT2D eigenvalue weighted by molar-refractivity contribution is -0.140. The van der Waals surface area contributed by atoms with Crippen LogP contribution in [0.5, 0.6) is 0 Å². The van der Waals surface area contributed by atoms with E-state index in [1.807, 2.05) is 14.1 Å². The summed E-state index contributed by atoms with van der Waals surface area (Å²) in [6.07, 6.45) is 2.10. The molecule has 15 heavy (non-hydrogen) atoms. The van der Waals surface area contributed by atoms with E-state index in [-0.39, 0.29) is 11.6 Å². The molecule has 0 bridgehead atoms. The van der Waals surface area contributed by atoms with Crippen LogP contribution in [-0.2, 0) is 4.79 Å². The van der Waals surface area contributed by atoms with Gasteiger partial charge in [-0.3, -0.25) is 4.79 Å². The van der Waals surface area contributed by atoms with Crippen LogP contribution in [0.25, 0.3) is 0 Å². The van der Waals surface area contributed by atoms with Crippen LogP contribution >= 0.6 is 0 Å². The summed E-state index contributed by atoms with van der Waals surface area (Å²) in [7, 11) is 4.02. The molecule has 88 valence electrons. The molecule has 0 heterocycles. The van der Waals surface area contributed by atoms with Crippen LogP contribution in [0, 0.1) is 5.92 Å². The Morgan fingerprint density at radius 2 is 2.07 bits per heavy atom. The number of carboxylic acids is 1. The van der Waals surface area contributed by atoms with E-state index in [0.717, 1.165) is 12.8 Å². The van der Waals surface area contributed by atoms with Crippen LogP contribution in [0.3, 0.4) is 0 Å². The van der Waals surface area contributed by atoms with Gasteiger partial charge in [0.05, 0.1) is 0 Å². The van der Waals surface area contributed by atoms with Gasteiger partial charge < -0.3 is 15.3 Å². The summed E-state index contributed by atoms with van der Waals surface area (Å²) in [5.74, 6) is -0.368. The molecule has 0 radical (unpaired) electrons. The molecule has 1 atom stereocenters. The molecule has 2 N–H and O–H groups in total. The first kappa shape index (κ1) is 12.5. The van der Waals surface area contributed by atoms with Gasteiger partial charge in [0.25, 0.3) is 0 Å². The Kier molecular flexibility index (Phi) is 3.73. The highest BCUT2D eigenvalue weighted by Gasteiger charge is 2.37. The summed E-state index contributed by atoms with van der Waals surface area (Å²) in [5, 5.41) is 12.2. The van der Waals surface area contributed by atoms with E-state index in [9.17, 15) is 4.79 Å². The second-order valence-corrected chi connectivity index (χ2v) is 5.24. The molecular formula is C11H22N2O2. The van der Waals surface area contributed by atoms with Crippen molar-refractivity contribution < 1.29 is 9.90 Å². The van der Waals surface area contributed by atoms with Crippen molar-refractivity contribution in [2.45, 2.75) is 38.3 Å². The molecule has 1 unspecified atom stereocenters. The second kappa shape index (κ2) is 4.49. The minimum Gasteiger partial charge on any atom is -0.480 e. The molecule has 0 aromatic rings. The molecule has 0 saturated heterocycles. The maximum Gasteiger partial charge on any atom is 0.320 e. The van der Waals surface area contributed by atoms with Crippen molar-refractivity contribution >= 4 is 5.97 Å². The van der Waals surface area contributed by atoms with E-state index in [1.165, 1.54) is 0 Å². The average molecular weight is 214 g/mol. The number of nitrogens with zero attached hydrogens (tertiary/aromatic N) is 1. The van der Waals surface area contributed by atoms with Gasteiger partial charge in [-0.05, 0) is 46.7 Å². The topological polar surface area (TPSA) is 52.6 Å². The first-order valence-corrected chi connectivity index (χ1v) is 5.48. The van der Waals surface area contributed by atoms with E-state index in [0.29, 0.717) is 12.5 Å². The smallest absolute Gasteiger partial charge is 0.320 e. The Labute approximate surface area is 91.6 Å². The van der Waals surface area contributed by atoms with Crippen LogP contribution in [0.2, 0.25) is 0 Å². The molecule has 1 aliphatic carbocycles. The zero-order valence-electron chi connectivity index (χ0n) is 10.1. The first-order chi connectivity index (χ1) is 6.84. The summed E-state index contributed by atoms with van der Waals surface area (Å²) in [4.78, 5) is 13.1. The molecule has 1 saturated carbocycles. The highest BCUT2D eigenvalue weighted by molar-refractivity contribution is 5.74. The third-order valence-corrected chi connectivity index (χ3v) is 3.32. The molecule has 1 aliphatic rings. The number of aliphatic carboxylic acids is 1. The minimum atomic E-state index is -0.716. The third-order valence-electron chi connectivity index (χ3n) is 3.32. The molecule has 1 rings (SSSR count). The van der Waals surface area contributed by atoms with Crippen molar-refractivity contribution in [3.63, 3.8) is 0 Å². The van der Waals surface area contributed by atoms with Gasteiger partial charge in [-0.25, -0.2) is 0 Å². The van der Waals surface area contributed by atoms with Crippen LogP contribution in [0.1, 0.15) is 26.7 Å². The highest BCUT2D eigenvalue weighted by atomic mass is 16.4. The van der Waals surface area contributed by atoms with Gasteiger partial charge in [0.1, 0.15) is 6.04 Å². The van der Waals surface area contributed by atoms with Crippen LogP contribution in [-0.4, -0.2) is 48.2 Å². The second-order valence-electron chi connectivity index (χ2n) is 5.24. The number of rotatable bonds is 6. The van der Waals surface area contributed by atoms with Crippen molar-refractivity contribution in [2.24, 2.45) is 5.92 Å². The fraction of sp³-hybridized carbons (Fsp3) is 0.909. The van der Waals surface area contributed by atoms with Gasteiger partial charge in [-0.1, -0.05) is 0 Å². The molecule has 0 aromatic heterocycles. The third kappa shape index (κ3) is 3.47. The Bertz CT molecular complexity index is 235. The summed E-state index contributed by atoms with van der Waals surface area (Å²) >= 11 is 0. The van der Waals surface area contributed by atoms with Crippen molar-refractivity contribution in [3.8, 4) is 0 Å². The first-order valence-electron chi connectivity index (χ1n) is 5.48. The summed E-state index contributed by atoms with van der Waals surface area (Å²) in [6.45, 7) is 4.91. The number of hydrogen-bond donors (Lipinski definition) is 2. The van der Waals surface area contributed by atoms with E-state index in [4.69, 9.17) is 5.11 Å². The quantitative estimate of drug-likeness (QED) is 0.686. The Morgan fingerprint density at radius 3 is 2.40 bits per heavy atom. The Balaban J connectivity index is 2.43. The van der Waals surface area contributed by atoms with Crippen molar-refractivity contribution in [3.05, 3.63) is 0 Å². The lowest BCUT2D eigenvalue weighted by Crippen LogP contribution is -2.51. The average Bonchev–Trinajstić information content (AvgIpc) is 2.87. The predicted molar refractivity (Wildman–Crippen MR) is 59.9 cm³/mol. The van der Waals surface area contributed by atoms with Gasteiger partial charge in [0.15, 0.2) is 0 Å². The minimum absolute atomic E-state index is 0.0113. The van der Waals surface area contributed by atoms with Gasteiger partial charge in [-0.2, -0.15) is 0 Å². The highest BCUT2D eigenvalue weighted by Crippen LogP contribution is 2.32. The van der Waals surface area contributed by atoms with Gasteiger partial charge >= 0.3 is 5.97 Å². The van der Waals surface area contributed by atoms with Crippen LogP contribution < -0.4 is 5.32 Å². The number of likely N-dealkylation sites (N-methyl/N-ethyl adjacent to an activating group) is 1. The molecular weight excluding hydrogens is 192 g/mol. The van der Waals surface area contributed by atoms with Gasteiger partial charge in [-0.15, -0.1) is 0 Å². The molecule has 1 fully saturated rings. The number of nitrogens with one attached hydrogen (secondary N) is 1. The fourth-order valence-electron chi connectivity index (χ4n) is 1.40.